The molecule has 0 aromatic carbocycles. The lowest BCUT2D eigenvalue weighted by Crippen LogP contribution is -2.27. The summed E-state index contributed by atoms with van der Waals surface area (Å²) in [5.41, 5.74) is 0.445. The zero-order chi connectivity index (χ0) is 12.7. The SMILES string of the molecule is O=C(NCCOCC(F)F)c1ccnc(Br)c1. The minimum Gasteiger partial charge on any atom is -0.374 e. The highest BCUT2D eigenvalue weighted by molar-refractivity contribution is 9.10. The highest BCUT2D eigenvalue weighted by atomic mass is 79.9. The highest BCUT2D eigenvalue weighted by Gasteiger charge is 2.06. The molecule has 1 N–H and O–H groups in total. The van der Waals surface area contributed by atoms with Crippen LogP contribution >= 0.6 is 15.9 Å². The summed E-state index contributed by atoms with van der Waals surface area (Å²) in [6.07, 6.45) is -0.992. The molecule has 0 bridgehead atoms. The predicted octanol–water partition coefficient (Wildman–Crippen LogP) is 1.86. The molecule has 7 heteroatoms. The molecule has 1 aromatic heterocycles. The van der Waals surface area contributed by atoms with Gasteiger partial charge >= 0.3 is 0 Å². The van der Waals surface area contributed by atoms with Crippen LogP contribution in [-0.2, 0) is 4.74 Å². The molecule has 0 aliphatic carbocycles. The number of nitrogens with zero attached hydrogens (tertiary/aromatic N) is 1. The predicted molar refractivity (Wildman–Crippen MR) is 61.1 cm³/mol. The van der Waals surface area contributed by atoms with Gasteiger partial charge in [0.1, 0.15) is 11.2 Å². The second-order valence-corrected chi connectivity index (χ2v) is 3.90. The Morgan fingerprint density at radius 3 is 3.00 bits per heavy atom. The lowest BCUT2D eigenvalue weighted by Gasteiger charge is -2.06. The topological polar surface area (TPSA) is 51.2 Å². The summed E-state index contributed by atoms with van der Waals surface area (Å²) in [4.78, 5) is 15.4. The summed E-state index contributed by atoms with van der Waals surface area (Å²) < 4.78 is 28.6. The molecule has 1 rings (SSSR count). The van der Waals surface area contributed by atoms with Crippen molar-refractivity contribution in [1.82, 2.24) is 10.3 Å². The van der Waals surface area contributed by atoms with Crippen molar-refractivity contribution in [3.8, 4) is 0 Å². The smallest absolute Gasteiger partial charge is 0.261 e. The van der Waals surface area contributed by atoms with Crippen LogP contribution in [0.4, 0.5) is 8.78 Å². The maximum Gasteiger partial charge on any atom is 0.261 e. The molecule has 0 saturated heterocycles. The van der Waals surface area contributed by atoms with E-state index >= 15 is 0 Å². The van der Waals surface area contributed by atoms with Gasteiger partial charge in [0.25, 0.3) is 12.3 Å². The molecule has 0 radical (unpaired) electrons. The first-order valence-electron chi connectivity index (χ1n) is 4.85. The maximum absolute atomic E-state index is 11.7. The van der Waals surface area contributed by atoms with E-state index in [1.807, 2.05) is 0 Å². The molecule has 1 aromatic rings. The molecule has 0 atom stereocenters. The van der Waals surface area contributed by atoms with E-state index in [0.717, 1.165) is 0 Å². The molecule has 0 fully saturated rings. The van der Waals surface area contributed by atoms with Crippen molar-refractivity contribution in [2.24, 2.45) is 0 Å². The molecule has 17 heavy (non-hydrogen) atoms. The van der Waals surface area contributed by atoms with Crippen molar-refractivity contribution in [3.05, 3.63) is 28.5 Å². The van der Waals surface area contributed by atoms with Crippen LogP contribution in [0.15, 0.2) is 22.9 Å². The zero-order valence-electron chi connectivity index (χ0n) is 8.83. The number of hydrogen-bond donors (Lipinski definition) is 1. The average molecular weight is 309 g/mol. The van der Waals surface area contributed by atoms with Gasteiger partial charge < -0.3 is 10.1 Å². The van der Waals surface area contributed by atoms with E-state index < -0.39 is 13.0 Å². The van der Waals surface area contributed by atoms with Crippen molar-refractivity contribution in [2.75, 3.05) is 19.8 Å². The molecule has 4 nitrogen and oxygen atoms in total. The number of carbonyl (C=O) groups excluding carboxylic acids is 1. The van der Waals surface area contributed by atoms with Crippen LogP contribution in [-0.4, -0.2) is 37.1 Å². The first kappa shape index (κ1) is 14.0. The third-order valence-corrected chi connectivity index (χ3v) is 2.20. The summed E-state index contributed by atoms with van der Waals surface area (Å²) in [5.74, 6) is -0.297. The van der Waals surface area contributed by atoms with Crippen molar-refractivity contribution in [1.29, 1.82) is 0 Å². The maximum atomic E-state index is 11.7. The van der Waals surface area contributed by atoms with Gasteiger partial charge in [0.2, 0.25) is 0 Å². The molecular weight excluding hydrogens is 298 g/mol. The fourth-order valence-corrected chi connectivity index (χ4v) is 1.42. The molecule has 0 aliphatic rings. The summed E-state index contributed by atoms with van der Waals surface area (Å²) in [6.45, 7) is -0.371. The standard InChI is InChI=1S/C10H11BrF2N2O2/c11-8-5-7(1-2-14-8)10(16)15-3-4-17-6-9(12)13/h1-2,5,9H,3-4,6H2,(H,15,16). The van der Waals surface area contributed by atoms with Crippen molar-refractivity contribution in [3.63, 3.8) is 0 Å². The van der Waals surface area contributed by atoms with Crippen molar-refractivity contribution >= 4 is 21.8 Å². The largest absolute Gasteiger partial charge is 0.374 e. The third-order valence-electron chi connectivity index (χ3n) is 1.76. The Balaban J connectivity index is 2.26. The third kappa shape index (κ3) is 5.69. The fraction of sp³-hybridized carbons (Fsp3) is 0.400. The van der Waals surface area contributed by atoms with Gasteiger partial charge in [-0.1, -0.05) is 0 Å². The normalized spacial score (nSPS) is 10.6. The van der Waals surface area contributed by atoms with Crippen LogP contribution in [0.5, 0.6) is 0 Å². The number of alkyl halides is 2. The number of halogens is 3. The second kappa shape index (κ2) is 7.29. The van der Waals surface area contributed by atoms with Gasteiger partial charge in [-0.05, 0) is 28.1 Å². The van der Waals surface area contributed by atoms with E-state index in [4.69, 9.17) is 0 Å². The van der Waals surface area contributed by atoms with Crippen LogP contribution in [0.1, 0.15) is 10.4 Å². The van der Waals surface area contributed by atoms with Crippen LogP contribution in [0.2, 0.25) is 0 Å². The lowest BCUT2D eigenvalue weighted by atomic mass is 10.2. The first-order chi connectivity index (χ1) is 8.09. The minimum atomic E-state index is -2.48. The van der Waals surface area contributed by atoms with E-state index in [0.29, 0.717) is 10.2 Å². The van der Waals surface area contributed by atoms with Crippen molar-refractivity contribution < 1.29 is 18.3 Å². The summed E-state index contributed by atoms with van der Waals surface area (Å²) in [5, 5.41) is 2.54. The Morgan fingerprint density at radius 1 is 1.59 bits per heavy atom. The van der Waals surface area contributed by atoms with Gasteiger partial charge in [-0.2, -0.15) is 0 Å². The zero-order valence-corrected chi connectivity index (χ0v) is 10.4. The quantitative estimate of drug-likeness (QED) is 0.644. The Hall–Kier alpha value is -1.08. The van der Waals surface area contributed by atoms with Gasteiger partial charge in [0.15, 0.2) is 0 Å². The molecule has 1 amide bonds. The van der Waals surface area contributed by atoms with Gasteiger partial charge in [-0.15, -0.1) is 0 Å². The van der Waals surface area contributed by atoms with Crippen LogP contribution in [0, 0.1) is 0 Å². The molecular formula is C10H11BrF2N2O2. The highest BCUT2D eigenvalue weighted by Crippen LogP contribution is 2.07. The van der Waals surface area contributed by atoms with Gasteiger partial charge in [-0.25, -0.2) is 13.8 Å². The molecule has 0 unspecified atom stereocenters. The van der Waals surface area contributed by atoms with Gasteiger partial charge in [-0.3, -0.25) is 4.79 Å². The second-order valence-electron chi connectivity index (χ2n) is 3.09. The molecule has 0 aliphatic heterocycles. The molecule has 0 saturated carbocycles. The number of nitrogens with one attached hydrogen (secondary N) is 1. The van der Waals surface area contributed by atoms with E-state index in [1.165, 1.54) is 6.20 Å². The Kier molecular flexibility index (Phi) is 5.99. The average Bonchev–Trinajstić information content (AvgIpc) is 2.28. The van der Waals surface area contributed by atoms with E-state index in [2.05, 4.69) is 31.0 Å². The Labute approximate surface area is 105 Å². The summed E-state index contributed by atoms with van der Waals surface area (Å²) in [7, 11) is 0. The minimum absolute atomic E-state index is 0.0579. The van der Waals surface area contributed by atoms with Crippen LogP contribution < -0.4 is 5.32 Å². The van der Waals surface area contributed by atoms with Crippen molar-refractivity contribution in [2.45, 2.75) is 6.43 Å². The monoisotopic (exact) mass is 308 g/mol. The Bertz CT molecular complexity index is 377. The number of ether oxygens (including phenoxy) is 1. The number of rotatable bonds is 6. The summed E-state index contributed by atoms with van der Waals surface area (Å²) >= 11 is 3.14. The summed E-state index contributed by atoms with van der Waals surface area (Å²) in [6, 6.07) is 3.12. The van der Waals surface area contributed by atoms with Crippen LogP contribution in [0.25, 0.3) is 0 Å². The number of aromatic nitrogens is 1. The fourth-order valence-electron chi connectivity index (χ4n) is 1.05. The molecule has 0 spiro atoms. The lowest BCUT2D eigenvalue weighted by molar-refractivity contribution is 0.0188. The Morgan fingerprint density at radius 2 is 2.35 bits per heavy atom. The van der Waals surface area contributed by atoms with E-state index in [9.17, 15) is 13.6 Å². The van der Waals surface area contributed by atoms with Crippen LogP contribution in [0.3, 0.4) is 0 Å². The van der Waals surface area contributed by atoms with Gasteiger partial charge in [0.05, 0.1) is 6.61 Å². The number of carbonyl (C=O) groups is 1. The number of amides is 1. The number of hydrogen-bond acceptors (Lipinski definition) is 3. The molecule has 1 heterocycles. The number of pyridine rings is 1. The van der Waals surface area contributed by atoms with Gasteiger partial charge in [0, 0.05) is 18.3 Å². The first-order valence-corrected chi connectivity index (χ1v) is 5.64. The molecule has 94 valence electrons. The van der Waals surface area contributed by atoms with E-state index in [1.54, 1.807) is 12.1 Å². The van der Waals surface area contributed by atoms with E-state index in [-0.39, 0.29) is 19.1 Å².